The molecule has 0 aliphatic heterocycles. The Labute approximate surface area is 149 Å². The van der Waals surface area contributed by atoms with Crippen LogP contribution < -0.4 is 5.32 Å². The minimum absolute atomic E-state index is 0.00337. The van der Waals surface area contributed by atoms with E-state index in [-0.39, 0.29) is 17.6 Å². The van der Waals surface area contributed by atoms with Gasteiger partial charge < -0.3 is 9.73 Å². The van der Waals surface area contributed by atoms with Crippen LogP contribution in [-0.4, -0.2) is 27.4 Å². The monoisotopic (exact) mass is 364 g/mol. The van der Waals surface area contributed by atoms with Gasteiger partial charge in [-0.25, -0.2) is 0 Å². The number of nitrogens with zero attached hydrogens (tertiary/aromatic N) is 3. The third-order valence-electron chi connectivity index (χ3n) is 3.61. The average molecular weight is 365 g/mol. The summed E-state index contributed by atoms with van der Waals surface area (Å²) in [6.45, 7) is 5.46. The molecule has 2 rings (SSSR count). The molecule has 0 unspecified atom stereocenters. The summed E-state index contributed by atoms with van der Waals surface area (Å²) in [7, 11) is 0. The van der Waals surface area contributed by atoms with E-state index in [1.165, 1.54) is 0 Å². The van der Waals surface area contributed by atoms with Gasteiger partial charge in [-0.3, -0.25) is 4.79 Å². The van der Waals surface area contributed by atoms with E-state index in [0.717, 1.165) is 17.3 Å². The molecule has 0 aliphatic carbocycles. The predicted molar refractivity (Wildman–Crippen MR) is 92.5 cm³/mol. The number of aromatic nitrogens is 2. The van der Waals surface area contributed by atoms with Crippen LogP contribution >= 0.6 is 23.4 Å². The molecule has 0 radical (unpaired) electrons. The second-order valence-corrected chi connectivity index (χ2v) is 7.05. The lowest BCUT2D eigenvalue weighted by Gasteiger charge is -2.27. The number of carbonyl (C=O) groups excluding carboxylic acids is 1. The zero-order valence-electron chi connectivity index (χ0n) is 13.5. The molecule has 126 valence electrons. The number of carbonyl (C=O) groups is 1. The van der Waals surface area contributed by atoms with Gasteiger partial charge in [-0.1, -0.05) is 37.2 Å². The van der Waals surface area contributed by atoms with E-state index in [4.69, 9.17) is 16.0 Å². The SMILES string of the molecule is CC(C)[C@@](C)(C#N)NC(=O)CSc1nnc(-c2ccc(Cl)cc2)o1. The number of nitriles is 1. The highest BCUT2D eigenvalue weighted by atomic mass is 35.5. The fraction of sp³-hybridized carbons (Fsp3) is 0.375. The summed E-state index contributed by atoms with van der Waals surface area (Å²) in [6.07, 6.45) is 0. The highest BCUT2D eigenvalue weighted by Crippen LogP contribution is 2.24. The Bertz CT molecular complexity index is 754. The Morgan fingerprint density at radius 3 is 2.67 bits per heavy atom. The van der Waals surface area contributed by atoms with E-state index in [9.17, 15) is 10.1 Å². The molecule has 1 atom stereocenters. The van der Waals surface area contributed by atoms with Crippen molar-refractivity contribution in [2.45, 2.75) is 31.5 Å². The van der Waals surface area contributed by atoms with Gasteiger partial charge in [0.05, 0.1) is 11.8 Å². The molecule has 0 saturated heterocycles. The van der Waals surface area contributed by atoms with Crippen molar-refractivity contribution in [2.24, 2.45) is 5.92 Å². The molecule has 6 nitrogen and oxygen atoms in total. The van der Waals surface area contributed by atoms with Gasteiger partial charge in [0.25, 0.3) is 5.22 Å². The number of rotatable bonds is 6. The number of amides is 1. The largest absolute Gasteiger partial charge is 0.411 e. The molecule has 1 aromatic heterocycles. The first-order chi connectivity index (χ1) is 11.3. The summed E-state index contributed by atoms with van der Waals surface area (Å²) in [6, 6.07) is 9.15. The molecule has 0 saturated carbocycles. The number of benzene rings is 1. The van der Waals surface area contributed by atoms with Gasteiger partial charge in [-0.15, -0.1) is 10.2 Å². The van der Waals surface area contributed by atoms with Crippen LogP contribution in [0.1, 0.15) is 20.8 Å². The van der Waals surface area contributed by atoms with E-state index in [1.54, 1.807) is 31.2 Å². The molecule has 8 heteroatoms. The number of nitrogens with one attached hydrogen (secondary N) is 1. The molecule has 1 amide bonds. The van der Waals surface area contributed by atoms with Crippen LogP contribution in [0.25, 0.3) is 11.5 Å². The fourth-order valence-corrected chi connectivity index (χ4v) is 2.42. The van der Waals surface area contributed by atoms with Crippen molar-refractivity contribution < 1.29 is 9.21 Å². The van der Waals surface area contributed by atoms with Gasteiger partial charge in [0.1, 0.15) is 5.54 Å². The van der Waals surface area contributed by atoms with Crippen LogP contribution in [0.3, 0.4) is 0 Å². The van der Waals surface area contributed by atoms with Crippen molar-refractivity contribution in [3.8, 4) is 17.5 Å². The summed E-state index contributed by atoms with van der Waals surface area (Å²) in [5.74, 6) is 0.186. The van der Waals surface area contributed by atoms with E-state index in [0.29, 0.717) is 16.1 Å². The van der Waals surface area contributed by atoms with Crippen molar-refractivity contribution in [3.05, 3.63) is 29.3 Å². The molecule has 24 heavy (non-hydrogen) atoms. The highest BCUT2D eigenvalue weighted by Gasteiger charge is 2.30. The third kappa shape index (κ3) is 4.49. The zero-order chi connectivity index (χ0) is 17.7. The number of hydrogen-bond acceptors (Lipinski definition) is 6. The second kappa shape index (κ2) is 7.69. The molecule has 0 aliphatic rings. The summed E-state index contributed by atoms with van der Waals surface area (Å²) in [5, 5.41) is 20.7. The van der Waals surface area contributed by atoms with Crippen LogP contribution in [-0.2, 0) is 4.79 Å². The smallest absolute Gasteiger partial charge is 0.277 e. The lowest BCUT2D eigenvalue weighted by atomic mass is 9.90. The molecule has 0 fully saturated rings. The Morgan fingerprint density at radius 2 is 2.08 bits per heavy atom. The predicted octanol–water partition coefficient (Wildman–Crippen LogP) is 3.54. The first-order valence-corrected chi connectivity index (χ1v) is 8.65. The van der Waals surface area contributed by atoms with Crippen molar-refractivity contribution in [3.63, 3.8) is 0 Å². The topological polar surface area (TPSA) is 91.8 Å². The normalized spacial score (nSPS) is 13.3. The van der Waals surface area contributed by atoms with Gasteiger partial charge in [0.15, 0.2) is 0 Å². The first-order valence-electron chi connectivity index (χ1n) is 7.28. The molecular weight excluding hydrogens is 348 g/mol. The summed E-state index contributed by atoms with van der Waals surface area (Å²) in [4.78, 5) is 12.0. The van der Waals surface area contributed by atoms with Crippen LogP contribution in [0.2, 0.25) is 5.02 Å². The molecule has 0 bridgehead atoms. The van der Waals surface area contributed by atoms with Gasteiger partial charge >= 0.3 is 0 Å². The van der Waals surface area contributed by atoms with Gasteiger partial charge in [0.2, 0.25) is 11.8 Å². The van der Waals surface area contributed by atoms with Gasteiger partial charge in [-0.2, -0.15) is 5.26 Å². The van der Waals surface area contributed by atoms with Crippen molar-refractivity contribution in [1.29, 1.82) is 5.26 Å². The summed E-state index contributed by atoms with van der Waals surface area (Å²) in [5.41, 5.74) is -0.152. The van der Waals surface area contributed by atoms with E-state index < -0.39 is 5.54 Å². The maximum absolute atomic E-state index is 12.0. The van der Waals surface area contributed by atoms with Crippen LogP contribution in [0.5, 0.6) is 0 Å². The second-order valence-electron chi connectivity index (χ2n) is 5.69. The van der Waals surface area contributed by atoms with Crippen molar-refractivity contribution in [1.82, 2.24) is 15.5 Å². The Balaban J connectivity index is 1.95. The zero-order valence-corrected chi connectivity index (χ0v) is 15.1. The molecule has 1 heterocycles. The fourth-order valence-electron chi connectivity index (χ4n) is 1.73. The van der Waals surface area contributed by atoms with Crippen LogP contribution in [0.4, 0.5) is 0 Å². The Kier molecular flexibility index (Phi) is 5.86. The minimum atomic E-state index is -0.902. The molecule has 1 N–H and O–H groups in total. The van der Waals surface area contributed by atoms with Crippen LogP contribution in [0.15, 0.2) is 33.9 Å². The quantitative estimate of drug-likeness (QED) is 0.788. The Hall–Kier alpha value is -2.04. The Morgan fingerprint density at radius 1 is 1.42 bits per heavy atom. The number of thioether (sulfide) groups is 1. The van der Waals surface area contributed by atoms with Gasteiger partial charge in [-0.05, 0) is 37.1 Å². The first kappa shape index (κ1) is 18.3. The van der Waals surface area contributed by atoms with Crippen LogP contribution in [0, 0.1) is 17.2 Å². The van der Waals surface area contributed by atoms with E-state index in [2.05, 4.69) is 21.6 Å². The average Bonchev–Trinajstić information content (AvgIpc) is 3.02. The number of hydrogen-bond donors (Lipinski definition) is 1. The highest BCUT2D eigenvalue weighted by molar-refractivity contribution is 7.99. The third-order valence-corrected chi connectivity index (χ3v) is 4.68. The van der Waals surface area contributed by atoms with E-state index >= 15 is 0 Å². The van der Waals surface area contributed by atoms with E-state index in [1.807, 2.05) is 13.8 Å². The maximum Gasteiger partial charge on any atom is 0.277 e. The standard InChI is InChI=1S/C16H17ClN4O2S/c1-10(2)16(3,9-18)19-13(22)8-24-15-21-20-14(23-15)11-4-6-12(17)7-5-11/h4-7,10H,8H2,1-3H3,(H,19,22)/t16-/m1/s1. The van der Waals surface area contributed by atoms with Crippen molar-refractivity contribution in [2.75, 3.05) is 5.75 Å². The van der Waals surface area contributed by atoms with Crippen molar-refractivity contribution >= 4 is 29.3 Å². The minimum Gasteiger partial charge on any atom is -0.411 e. The molecular formula is C16H17ClN4O2S. The lowest BCUT2D eigenvalue weighted by Crippen LogP contribution is -2.49. The molecule has 2 aromatic rings. The number of halogens is 1. The van der Waals surface area contributed by atoms with Gasteiger partial charge in [0, 0.05) is 10.6 Å². The molecule has 0 spiro atoms. The summed E-state index contributed by atoms with van der Waals surface area (Å²) >= 11 is 6.96. The summed E-state index contributed by atoms with van der Waals surface area (Å²) < 4.78 is 5.52. The maximum atomic E-state index is 12.0. The molecule has 1 aromatic carbocycles. The lowest BCUT2D eigenvalue weighted by molar-refractivity contribution is -0.120.